The van der Waals surface area contributed by atoms with Gasteiger partial charge in [-0.05, 0) is 43.2 Å². The first-order chi connectivity index (χ1) is 15.8. The average molecular weight is 459 g/mol. The van der Waals surface area contributed by atoms with Crippen LogP contribution in [0.25, 0.3) is 0 Å². The van der Waals surface area contributed by atoms with Crippen molar-refractivity contribution < 1.29 is 23.5 Å². The van der Waals surface area contributed by atoms with Gasteiger partial charge in [0, 0.05) is 39.0 Å². The molecule has 3 rings (SSSR count). The van der Waals surface area contributed by atoms with Gasteiger partial charge in [-0.2, -0.15) is 0 Å². The number of rotatable bonds is 3. The number of nitrogens with one attached hydrogen (secondary N) is 3. The van der Waals surface area contributed by atoms with Gasteiger partial charge in [0.1, 0.15) is 18.2 Å². The monoisotopic (exact) mass is 458 g/mol. The molecule has 3 N–H and O–H groups in total. The van der Waals surface area contributed by atoms with E-state index >= 15 is 0 Å². The maximum Gasteiger partial charge on any atom is 0.323 e. The Balaban J connectivity index is 1.83. The number of hydrogen-bond acceptors (Lipinski definition) is 5. The minimum absolute atomic E-state index is 0.0571. The minimum Gasteiger partial charge on any atom is -0.491 e. The second-order valence-electron chi connectivity index (χ2n) is 8.33. The van der Waals surface area contributed by atoms with Gasteiger partial charge in [-0.15, -0.1) is 0 Å². The molecule has 2 aromatic rings. The Morgan fingerprint density at radius 3 is 2.70 bits per heavy atom. The number of urea groups is 1. The molecule has 0 saturated heterocycles. The normalized spacial score (nSPS) is 21.8. The zero-order chi connectivity index (χ0) is 24.0. The lowest BCUT2D eigenvalue weighted by Crippen LogP contribution is -2.44. The van der Waals surface area contributed by atoms with Crippen LogP contribution in [-0.4, -0.2) is 62.8 Å². The zero-order valence-corrected chi connectivity index (χ0v) is 19.4. The number of carbonyl (C=O) groups is 2. The van der Waals surface area contributed by atoms with Crippen LogP contribution >= 0.6 is 0 Å². The first-order valence-electron chi connectivity index (χ1n) is 10.9. The average Bonchev–Trinajstić information content (AvgIpc) is 2.80. The number of likely N-dealkylation sites (N-methyl/N-ethyl adjacent to an activating group) is 1. The second-order valence-corrected chi connectivity index (χ2v) is 8.33. The molecule has 33 heavy (non-hydrogen) atoms. The van der Waals surface area contributed by atoms with Crippen LogP contribution in [0.15, 0.2) is 42.5 Å². The van der Waals surface area contributed by atoms with Gasteiger partial charge in [-0.25, -0.2) is 9.18 Å². The molecule has 9 heteroatoms. The summed E-state index contributed by atoms with van der Waals surface area (Å²) in [6.07, 6.45) is -0.143. The number of ether oxygens (including phenoxy) is 2. The SMILES string of the molecule is CO[C@@H]1CN(C)C(=O)c2cc(NC(=O)Nc3ccccc3F)ccc2OC[C@H](C)NC[C@H]1C. The van der Waals surface area contributed by atoms with Crippen LogP contribution in [0, 0.1) is 11.7 Å². The van der Waals surface area contributed by atoms with Crippen molar-refractivity contribution in [1.29, 1.82) is 0 Å². The number of nitrogens with zero attached hydrogens (tertiary/aromatic N) is 1. The molecule has 0 aliphatic carbocycles. The van der Waals surface area contributed by atoms with E-state index in [-0.39, 0.29) is 29.7 Å². The van der Waals surface area contributed by atoms with Crippen molar-refractivity contribution in [2.45, 2.75) is 26.0 Å². The number of halogens is 1. The standard InChI is InChI=1S/C24H31FN4O4/c1-15-12-26-16(2)14-33-21-10-9-17(11-18(21)23(30)29(3)13-22(15)32-4)27-24(31)28-20-8-6-5-7-19(20)25/h5-11,15-16,22,26H,12-14H2,1-4H3,(H2,27,28,31)/t15-,16+,22-/m1/s1. The summed E-state index contributed by atoms with van der Waals surface area (Å²) >= 11 is 0. The number of methoxy groups -OCH3 is 1. The summed E-state index contributed by atoms with van der Waals surface area (Å²) in [6, 6.07) is 10.2. The highest BCUT2D eigenvalue weighted by Crippen LogP contribution is 2.26. The van der Waals surface area contributed by atoms with Gasteiger partial charge in [-0.1, -0.05) is 19.1 Å². The number of para-hydroxylation sites is 1. The summed E-state index contributed by atoms with van der Waals surface area (Å²) in [7, 11) is 3.35. The third kappa shape index (κ3) is 6.43. The molecular formula is C24H31FN4O4. The van der Waals surface area contributed by atoms with Crippen LogP contribution in [0.4, 0.5) is 20.6 Å². The van der Waals surface area contributed by atoms with Gasteiger partial charge in [0.2, 0.25) is 0 Å². The topological polar surface area (TPSA) is 91.9 Å². The van der Waals surface area contributed by atoms with Crippen molar-refractivity contribution in [3.05, 3.63) is 53.8 Å². The van der Waals surface area contributed by atoms with E-state index in [0.29, 0.717) is 30.2 Å². The van der Waals surface area contributed by atoms with Gasteiger partial charge in [0.05, 0.1) is 17.4 Å². The molecule has 0 fully saturated rings. The molecule has 1 aliphatic rings. The summed E-state index contributed by atoms with van der Waals surface area (Å²) in [4.78, 5) is 27.2. The lowest BCUT2D eigenvalue weighted by Gasteiger charge is -2.30. The molecule has 178 valence electrons. The quantitative estimate of drug-likeness (QED) is 0.654. The van der Waals surface area contributed by atoms with E-state index in [0.717, 1.165) is 6.54 Å². The zero-order valence-electron chi connectivity index (χ0n) is 19.4. The molecule has 1 heterocycles. The fourth-order valence-corrected chi connectivity index (χ4v) is 3.59. The van der Waals surface area contributed by atoms with Crippen molar-refractivity contribution in [3.8, 4) is 5.75 Å². The van der Waals surface area contributed by atoms with Gasteiger partial charge < -0.3 is 30.3 Å². The molecule has 3 atom stereocenters. The van der Waals surface area contributed by atoms with Crippen molar-refractivity contribution in [3.63, 3.8) is 0 Å². The lowest BCUT2D eigenvalue weighted by molar-refractivity contribution is 0.0281. The Kier molecular flexibility index (Phi) is 8.24. The minimum atomic E-state index is -0.624. The van der Waals surface area contributed by atoms with E-state index in [1.54, 1.807) is 43.3 Å². The molecule has 0 bridgehead atoms. The Hall–Kier alpha value is -3.17. The number of carbonyl (C=O) groups excluding carboxylic acids is 2. The molecule has 2 aromatic carbocycles. The van der Waals surface area contributed by atoms with E-state index in [2.05, 4.69) is 22.9 Å². The highest BCUT2D eigenvalue weighted by atomic mass is 19.1. The summed E-state index contributed by atoms with van der Waals surface area (Å²) in [5, 5.41) is 8.54. The van der Waals surface area contributed by atoms with E-state index in [1.807, 2.05) is 6.92 Å². The smallest absolute Gasteiger partial charge is 0.323 e. The molecule has 0 spiro atoms. The second kappa shape index (κ2) is 11.1. The molecule has 0 radical (unpaired) electrons. The number of hydrogen-bond donors (Lipinski definition) is 3. The van der Waals surface area contributed by atoms with Crippen molar-refractivity contribution in [1.82, 2.24) is 10.2 Å². The van der Waals surface area contributed by atoms with Crippen LogP contribution in [0.1, 0.15) is 24.2 Å². The Bertz CT molecular complexity index is 987. The number of anilines is 2. The van der Waals surface area contributed by atoms with E-state index in [9.17, 15) is 14.0 Å². The lowest BCUT2D eigenvalue weighted by atomic mass is 10.0. The fraction of sp³-hybridized carbons (Fsp3) is 0.417. The van der Waals surface area contributed by atoms with Crippen LogP contribution in [0.2, 0.25) is 0 Å². The third-order valence-corrected chi connectivity index (χ3v) is 5.60. The maximum atomic E-state index is 13.8. The van der Waals surface area contributed by atoms with Crippen molar-refractivity contribution in [2.75, 3.05) is 44.5 Å². The highest BCUT2D eigenvalue weighted by molar-refractivity contribution is 6.02. The summed E-state index contributed by atoms with van der Waals surface area (Å²) in [5.74, 6) is -0.191. The van der Waals surface area contributed by atoms with Crippen molar-refractivity contribution in [2.24, 2.45) is 5.92 Å². The van der Waals surface area contributed by atoms with E-state index in [4.69, 9.17) is 9.47 Å². The van der Waals surface area contributed by atoms with Crippen LogP contribution < -0.4 is 20.7 Å². The third-order valence-electron chi connectivity index (χ3n) is 5.60. The largest absolute Gasteiger partial charge is 0.491 e. The predicted molar refractivity (Wildman–Crippen MR) is 125 cm³/mol. The van der Waals surface area contributed by atoms with E-state index < -0.39 is 11.8 Å². The Morgan fingerprint density at radius 1 is 1.21 bits per heavy atom. The number of fused-ring (bicyclic) bond motifs is 1. The molecule has 3 amide bonds. The molecule has 0 aromatic heterocycles. The molecular weight excluding hydrogens is 427 g/mol. The van der Waals surface area contributed by atoms with Gasteiger partial charge in [0.25, 0.3) is 5.91 Å². The van der Waals surface area contributed by atoms with Crippen LogP contribution in [0.5, 0.6) is 5.75 Å². The van der Waals surface area contributed by atoms with Gasteiger partial charge in [0.15, 0.2) is 0 Å². The van der Waals surface area contributed by atoms with Gasteiger partial charge in [-0.3, -0.25) is 4.79 Å². The summed E-state index contributed by atoms with van der Waals surface area (Å²) in [5.41, 5.74) is 0.751. The molecule has 0 unspecified atom stereocenters. The molecule has 0 saturated carbocycles. The molecule has 8 nitrogen and oxygen atoms in total. The van der Waals surface area contributed by atoms with Crippen LogP contribution in [0.3, 0.4) is 0 Å². The maximum absolute atomic E-state index is 13.8. The van der Waals surface area contributed by atoms with Gasteiger partial charge >= 0.3 is 6.03 Å². The number of benzene rings is 2. The first-order valence-corrected chi connectivity index (χ1v) is 10.9. The molecule has 1 aliphatic heterocycles. The van der Waals surface area contributed by atoms with Crippen LogP contribution in [-0.2, 0) is 4.74 Å². The Labute approximate surface area is 193 Å². The predicted octanol–water partition coefficient (Wildman–Crippen LogP) is 3.56. The fourth-order valence-electron chi connectivity index (χ4n) is 3.59. The van der Waals surface area contributed by atoms with E-state index in [1.165, 1.54) is 18.2 Å². The first kappa shape index (κ1) is 24.5. The Morgan fingerprint density at radius 2 is 1.97 bits per heavy atom. The summed E-state index contributed by atoms with van der Waals surface area (Å²) in [6.45, 7) is 5.59. The van der Waals surface area contributed by atoms with Crippen molar-refractivity contribution >= 4 is 23.3 Å². The summed E-state index contributed by atoms with van der Waals surface area (Å²) < 4.78 is 25.4. The highest BCUT2D eigenvalue weighted by Gasteiger charge is 2.25. The number of amides is 3.